The maximum atomic E-state index is 11.4. The summed E-state index contributed by atoms with van der Waals surface area (Å²) in [5.74, 6) is 4.11. The zero-order valence-electron chi connectivity index (χ0n) is 21.3. The summed E-state index contributed by atoms with van der Waals surface area (Å²) in [6.07, 6.45) is 17.3. The number of carbonyl (C=O) groups excluding carboxylic acids is 1. The van der Waals surface area contributed by atoms with E-state index in [4.69, 9.17) is 4.74 Å². The van der Waals surface area contributed by atoms with E-state index in [0.717, 1.165) is 55.5 Å². The van der Waals surface area contributed by atoms with Gasteiger partial charge in [0.1, 0.15) is 6.29 Å². The monoisotopic (exact) mass is 474 g/mol. The summed E-state index contributed by atoms with van der Waals surface area (Å²) in [4.78, 5) is 11.2. The average Bonchev–Trinajstić information content (AvgIpc) is 3.44. The molecule has 9 atom stereocenters. The molecule has 3 nitrogen and oxygen atoms in total. The average molecular weight is 475 g/mol. The molecule has 35 heavy (non-hydrogen) atoms. The van der Waals surface area contributed by atoms with Gasteiger partial charge in [0.25, 0.3) is 0 Å². The molecular weight excluding hydrogens is 432 g/mol. The van der Waals surface area contributed by atoms with Crippen molar-refractivity contribution in [3.63, 3.8) is 0 Å². The molecule has 5 aliphatic rings. The van der Waals surface area contributed by atoms with Gasteiger partial charge < -0.3 is 9.84 Å². The first-order valence-electron chi connectivity index (χ1n) is 14.2. The lowest BCUT2D eigenvalue weighted by Gasteiger charge is -2.56. The van der Waals surface area contributed by atoms with Gasteiger partial charge in [0, 0.05) is 0 Å². The number of fused-ring (bicyclic) bond motifs is 5. The third-order valence-electron chi connectivity index (χ3n) is 11.0. The molecule has 1 N–H and O–H groups in total. The van der Waals surface area contributed by atoms with Crippen LogP contribution in [-0.4, -0.2) is 23.6 Å². The lowest BCUT2D eigenvalue weighted by molar-refractivity contribution is -0.107. The maximum absolute atomic E-state index is 11.4. The van der Waals surface area contributed by atoms with Crippen molar-refractivity contribution in [1.29, 1.82) is 0 Å². The highest BCUT2D eigenvalue weighted by atomic mass is 16.5. The number of hydrogen-bond acceptors (Lipinski definition) is 3. The minimum absolute atomic E-state index is 0.156. The van der Waals surface area contributed by atoms with Crippen molar-refractivity contribution < 1.29 is 14.6 Å². The van der Waals surface area contributed by atoms with Crippen LogP contribution in [0, 0.1) is 40.9 Å². The van der Waals surface area contributed by atoms with Gasteiger partial charge in [-0.25, -0.2) is 0 Å². The third kappa shape index (κ3) is 4.37. The van der Waals surface area contributed by atoms with Crippen LogP contribution in [0.2, 0.25) is 0 Å². The Bertz CT molecular complexity index is 980. The van der Waals surface area contributed by atoms with Crippen LogP contribution in [0.15, 0.2) is 53.6 Å². The van der Waals surface area contributed by atoms with E-state index in [1.807, 2.05) is 0 Å². The van der Waals surface area contributed by atoms with Gasteiger partial charge >= 0.3 is 0 Å². The molecule has 1 aromatic carbocycles. The van der Waals surface area contributed by atoms with Crippen LogP contribution in [0.4, 0.5) is 0 Å². The largest absolute Gasteiger partial charge is 0.393 e. The number of rotatable bonds is 6. The minimum atomic E-state index is -0.156. The fourth-order valence-electron chi connectivity index (χ4n) is 9.36. The SMILES string of the molecule is CC12CCC3C4CCC(OCc5ccccc5)CC4CCC3C1C(O)CC2CC1=CCC(C=O)=C1. The normalized spacial score (nSPS) is 42.5. The fraction of sp³-hybridized carbons (Fsp3) is 0.656. The highest BCUT2D eigenvalue weighted by molar-refractivity contribution is 5.76. The molecule has 0 spiro atoms. The Labute approximate surface area is 211 Å². The first-order chi connectivity index (χ1) is 17.0. The molecule has 0 radical (unpaired) electrons. The summed E-state index contributed by atoms with van der Waals surface area (Å²) in [6, 6.07) is 10.6. The lowest BCUT2D eigenvalue weighted by Crippen LogP contribution is -2.51. The van der Waals surface area contributed by atoms with Crippen LogP contribution in [0.1, 0.15) is 76.7 Å². The Morgan fingerprint density at radius 2 is 1.86 bits per heavy atom. The van der Waals surface area contributed by atoms with Gasteiger partial charge in [-0.15, -0.1) is 0 Å². The van der Waals surface area contributed by atoms with E-state index in [-0.39, 0.29) is 11.5 Å². The molecule has 1 aromatic rings. The molecule has 6 rings (SSSR count). The predicted octanol–water partition coefficient (Wildman–Crippen LogP) is 6.66. The van der Waals surface area contributed by atoms with Gasteiger partial charge in [0.15, 0.2) is 0 Å². The van der Waals surface area contributed by atoms with Crippen molar-refractivity contribution in [3.8, 4) is 0 Å². The molecule has 5 aliphatic carbocycles. The van der Waals surface area contributed by atoms with Crippen molar-refractivity contribution in [2.45, 2.75) is 89.9 Å². The summed E-state index contributed by atoms with van der Waals surface area (Å²) in [6.45, 7) is 3.23. The molecule has 0 aromatic heterocycles. The third-order valence-corrected chi connectivity index (χ3v) is 11.0. The van der Waals surface area contributed by atoms with Crippen LogP contribution in [0.3, 0.4) is 0 Å². The van der Waals surface area contributed by atoms with E-state index >= 15 is 0 Å². The highest BCUT2D eigenvalue weighted by Gasteiger charge is 2.60. The van der Waals surface area contributed by atoms with Gasteiger partial charge in [0.2, 0.25) is 0 Å². The Kier molecular flexibility index (Phi) is 6.52. The number of carbonyl (C=O) groups is 1. The van der Waals surface area contributed by atoms with Crippen molar-refractivity contribution in [3.05, 3.63) is 59.2 Å². The summed E-state index contributed by atoms with van der Waals surface area (Å²) >= 11 is 0. The highest BCUT2D eigenvalue weighted by Crippen LogP contribution is 2.65. The molecule has 0 amide bonds. The number of hydrogen-bond donors (Lipinski definition) is 1. The lowest BCUT2D eigenvalue weighted by atomic mass is 9.49. The smallest absolute Gasteiger partial charge is 0.146 e. The van der Waals surface area contributed by atoms with Crippen molar-refractivity contribution >= 4 is 6.29 Å². The topological polar surface area (TPSA) is 46.5 Å². The van der Waals surface area contributed by atoms with E-state index in [0.29, 0.717) is 23.9 Å². The summed E-state index contributed by atoms with van der Waals surface area (Å²) < 4.78 is 6.38. The molecule has 3 heteroatoms. The Balaban J connectivity index is 1.10. The minimum Gasteiger partial charge on any atom is -0.393 e. The second-order valence-corrected chi connectivity index (χ2v) is 12.7. The van der Waals surface area contributed by atoms with E-state index in [1.54, 1.807) is 0 Å². The second-order valence-electron chi connectivity index (χ2n) is 12.7. The molecule has 9 unspecified atom stereocenters. The van der Waals surface area contributed by atoms with Crippen LogP contribution in [0.25, 0.3) is 0 Å². The number of ether oxygens (including phenoxy) is 1. The van der Waals surface area contributed by atoms with Gasteiger partial charge in [-0.1, -0.05) is 55.0 Å². The Hall–Kier alpha value is -1.71. The van der Waals surface area contributed by atoms with E-state index < -0.39 is 0 Å². The van der Waals surface area contributed by atoms with Crippen LogP contribution < -0.4 is 0 Å². The number of benzene rings is 1. The Morgan fingerprint density at radius 3 is 2.66 bits per heavy atom. The zero-order valence-corrected chi connectivity index (χ0v) is 21.3. The van der Waals surface area contributed by atoms with Crippen molar-refractivity contribution in [1.82, 2.24) is 0 Å². The van der Waals surface area contributed by atoms with Gasteiger partial charge in [-0.3, -0.25) is 4.79 Å². The van der Waals surface area contributed by atoms with E-state index in [2.05, 4.69) is 49.4 Å². The Morgan fingerprint density at radius 1 is 1.03 bits per heavy atom. The van der Waals surface area contributed by atoms with Crippen LogP contribution >= 0.6 is 0 Å². The molecule has 0 saturated heterocycles. The first-order valence-corrected chi connectivity index (χ1v) is 14.2. The fourth-order valence-corrected chi connectivity index (χ4v) is 9.36. The molecule has 4 saturated carbocycles. The molecule has 0 heterocycles. The maximum Gasteiger partial charge on any atom is 0.146 e. The van der Waals surface area contributed by atoms with E-state index in [1.165, 1.54) is 56.1 Å². The second kappa shape index (κ2) is 9.63. The summed E-state index contributed by atoms with van der Waals surface area (Å²) in [7, 11) is 0. The van der Waals surface area contributed by atoms with Gasteiger partial charge in [-0.05, 0) is 116 Å². The van der Waals surface area contributed by atoms with Gasteiger partial charge in [0.05, 0.1) is 18.8 Å². The first kappa shape index (κ1) is 23.7. The predicted molar refractivity (Wildman–Crippen MR) is 138 cm³/mol. The number of allylic oxidation sites excluding steroid dienone is 4. The van der Waals surface area contributed by atoms with Gasteiger partial charge in [-0.2, -0.15) is 0 Å². The standard InChI is InChI=1S/C32H42O3/c1-32-14-13-28-27-12-10-26(35-20-21-5-3-2-4-6-21)17-24(27)9-11-29(28)31(32)30(34)18-25(32)16-22-7-8-23(15-22)19-33/h2-7,15,19,24-31,34H,8-14,16-18,20H2,1H3. The van der Waals surface area contributed by atoms with E-state index in [9.17, 15) is 9.90 Å². The zero-order chi connectivity index (χ0) is 24.0. The summed E-state index contributed by atoms with van der Waals surface area (Å²) in [5, 5.41) is 11.4. The van der Waals surface area contributed by atoms with Crippen LogP contribution in [-0.2, 0) is 16.1 Å². The quantitative estimate of drug-likeness (QED) is 0.469. The van der Waals surface area contributed by atoms with Crippen molar-refractivity contribution in [2.75, 3.05) is 0 Å². The molecule has 0 bridgehead atoms. The molecule has 4 fully saturated rings. The van der Waals surface area contributed by atoms with Crippen LogP contribution in [0.5, 0.6) is 0 Å². The molecule has 0 aliphatic heterocycles. The summed E-state index contributed by atoms with van der Waals surface area (Å²) in [5.41, 5.74) is 3.75. The number of aliphatic hydroxyl groups excluding tert-OH is 1. The number of aliphatic hydroxyl groups is 1. The number of aldehydes is 1. The molecule has 188 valence electrons. The molecular formula is C32H42O3. The van der Waals surface area contributed by atoms with Crippen molar-refractivity contribution in [2.24, 2.45) is 40.9 Å².